The van der Waals surface area contributed by atoms with Crippen LogP contribution in [0, 0.1) is 0 Å². The van der Waals surface area contributed by atoms with Gasteiger partial charge in [0.1, 0.15) is 6.33 Å². The zero-order valence-electron chi connectivity index (χ0n) is 15.4. The molecule has 0 radical (unpaired) electrons. The number of nitrogens with zero attached hydrogens (tertiary/aromatic N) is 3. The first kappa shape index (κ1) is 21.1. The van der Waals surface area contributed by atoms with E-state index < -0.39 is 10.0 Å². The molecule has 0 bridgehead atoms. The number of benzene rings is 1. The van der Waals surface area contributed by atoms with E-state index in [-0.39, 0.29) is 30.1 Å². The SMILES string of the molecule is NC/C(=C\F)Cn1ncn(Cc2ccc(-c3cccc(CS(N)(=O)=O)c3)s2)c1=O. The minimum atomic E-state index is -3.61. The van der Waals surface area contributed by atoms with E-state index in [1.54, 1.807) is 18.2 Å². The van der Waals surface area contributed by atoms with Crippen molar-refractivity contribution in [3.05, 3.63) is 75.6 Å². The van der Waals surface area contributed by atoms with Gasteiger partial charge in [0.25, 0.3) is 0 Å². The van der Waals surface area contributed by atoms with Crippen LogP contribution < -0.4 is 16.6 Å². The first-order valence-corrected chi connectivity index (χ1v) is 11.1. The highest BCUT2D eigenvalue weighted by molar-refractivity contribution is 7.88. The Balaban J connectivity index is 1.77. The molecule has 0 saturated carbocycles. The number of hydrogen-bond donors (Lipinski definition) is 2. The first-order chi connectivity index (χ1) is 13.8. The molecule has 29 heavy (non-hydrogen) atoms. The van der Waals surface area contributed by atoms with Crippen LogP contribution in [0.15, 0.2) is 59.4 Å². The minimum Gasteiger partial charge on any atom is -0.327 e. The standard InChI is InChI=1S/C18H20FN5O3S2/c19-7-14(8-20)9-24-18(25)23(12-22-24)10-16-4-5-17(28-16)15-3-1-2-13(6-15)11-29(21,26)27/h1-7,12H,8-11,20H2,(H2,21,26,27)/b14-7+. The largest absolute Gasteiger partial charge is 0.346 e. The van der Waals surface area contributed by atoms with Crippen LogP contribution in [0.25, 0.3) is 10.4 Å². The summed E-state index contributed by atoms with van der Waals surface area (Å²) in [4.78, 5) is 14.3. The first-order valence-electron chi connectivity index (χ1n) is 8.58. The highest BCUT2D eigenvalue weighted by Gasteiger charge is 2.11. The Morgan fingerprint density at radius 1 is 1.28 bits per heavy atom. The van der Waals surface area contributed by atoms with E-state index in [9.17, 15) is 17.6 Å². The molecule has 8 nitrogen and oxygen atoms in total. The monoisotopic (exact) mass is 437 g/mol. The quantitative estimate of drug-likeness (QED) is 0.551. The molecule has 3 rings (SSSR count). The third kappa shape index (κ3) is 5.48. The fourth-order valence-electron chi connectivity index (χ4n) is 2.76. The van der Waals surface area contributed by atoms with Gasteiger partial charge in [-0.2, -0.15) is 5.10 Å². The molecule has 2 aromatic heterocycles. The molecule has 11 heteroatoms. The van der Waals surface area contributed by atoms with Gasteiger partial charge in [-0.3, -0.25) is 4.57 Å². The Bertz CT molecular complexity index is 1190. The molecule has 0 aliphatic carbocycles. The van der Waals surface area contributed by atoms with Crippen LogP contribution >= 0.6 is 11.3 Å². The zero-order valence-corrected chi connectivity index (χ0v) is 17.0. The lowest BCUT2D eigenvalue weighted by Gasteiger charge is -2.03. The molecule has 0 aliphatic rings. The maximum Gasteiger partial charge on any atom is 0.346 e. The van der Waals surface area contributed by atoms with Crippen molar-refractivity contribution in [1.29, 1.82) is 0 Å². The van der Waals surface area contributed by atoms with Gasteiger partial charge in [0.05, 0.1) is 25.2 Å². The second kappa shape index (κ2) is 8.82. The zero-order chi connectivity index (χ0) is 21.0. The van der Waals surface area contributed by atoms with Crippen LogP contribution in [-0.4, -0.2) is 29.3 Å². The predicted molar refractivity (Wildman–Crippen MR) is 110 cm³/mol. The molecule has 3 aromatic rings. The maximum atomic E-state index is 12.7. The van der Waals surface area contributed by atoms with Crippen molar-refractivity contribution in [2.75, 3.05) is 6.54 Å². The second-order valence-corrected chi connectivity index (χ2v) is 9.23. The van der Waals surface area contributed by atoms with Crippen molar-refractivity contribution in [3.63, 3.8) is 0 Å². The molecular weight excluding hydrogens is 417 g/mol. The highest BCUT2D eigenvalue weighted by Crippen LogP contribution is 2.29. The Hall–Kier alpha value is -2.60. The molecular formula is C18H20FN5O3S2. The fourth-order valence-corrected chi connectivity index (χ4v) is 4.40. The minimum absolute atomic E-state index is 0.00532. The summed E-state index contributed by atoms with van der Waals surface area (Å²) in [7, 11) is -3.61. The average Bonchev–Trinajstić information content (AvgIpc) is 3.27. The fraction of sp³-hybridized carbons (Fsp3) is 0.222. The van der Waals surface area contributed by atoms with Crippen LogP contribution in [0.1, 0.15) is 10.4 Å². The van der Waals surface area contributed by atoms with Crippen molar-refractivity contribution >= 4 is 21.4 Å². The Morgan fingerprint density at radius 2 is 2.07 bits per heavy atom. The van der Waals surface area contributed by atoms with Crippen LogP contribution in [0.5, 0.6) is 0 Å². The van der Waals surface area contributed by atoms with Crippen molar-refractivity contribution < 1.29 is 12.8 Å². The molecule has 0 fully saturated rings. The van der Waals surface area contributed by atoms with Crippen LogP contribution in [-0.2, 0) is 28.9 Å². The molecule has 0 unspecified atom stereocenters. The summed E-state index contributed by atoms with van der Waals surface area (Å²) >= 11 is 1.48. The Kier molecular flexibility index (Phi) is 6.42. The summed E-state index contributed by atoms with van der Waals surface area (Å²) < 4.78 is 37.9. The molecule has 0 saturated heterocycles. The van der Waals surface area contributed by atoms with Gasteiger partial charge in [0.2, 0.25) is 10.0 Å². The molecule has 0 aliphatic heterocycles. The molecule has 154 valence electrons. The van der Waals surface area contributed by atoms with Crippen molar-refractivity contribution in [3.8, 4) is 10.4 Å². The smallest absolute Gasteiger partial charge is 0.327 e. The van der Waals surface area contributed by atoms with Gasteiger partial charge >= 0.3 is 5.69 Å². The van der Waals surface area contributed by atoms with Gasteiger partial charge in [-0.25, -0.2) is 27.4 Å². The summed E-state index contributed by atoms with van der Waals surface area (Å²) in [5, 5.41) is 9.11. The number of thiophene rings is 1. The molecule has 0 spiro atoms. The molecule has 0 atom stereocenters. The third-order valence-electron chi connectivity index (χ3n) is 4.13. The van der Waals surface area contributed by atoms with Crippen LogP contribution in [0.3, 0.4) is 0 Å². The summed E-state index contributed by atoms with van der Waals surface area (Å²) in [6.45, 7) is 0.331. The third-order valence-corrected chi connectivity index (χ3v) is 5.99. The van der Waals surface area contributed by atoms with Gasteiger partial charge < -0.3 is 5.73 Å². The predicted octanol–water partition coefficient (Wildman–Crippen LogP) is 1.42. The van der Waals surface area contributed by atoms with E-state index in [1.165, 1.54) is 22.2 Å². The number of halogens is 1. The number of primary sulfonamides is 1. The number of sulfonamides is 1. The van der Waals surface area contributed by atoms with Crippen molar-refractivity contribution in [2.24, 2.45) is 10.9 Å². The summed E-state index contributed by atoms with van der Waals surface area (Å²) in [6.07, 6.45) is 1.79. The lowest BCUT2D eigenvalue weighted by Crippen LogP contribution is -2.26. The normalized spacial score (nSPS) is 12.4. The maximum absolute atomic E-state index is 12.7. The lowest BCUT2D eigenvalue weighted by atomic mass is 10.1. The van der Waals surface area contributed by atoms with E-state index in [0.717, 1.165) is 20.0 Å². The molecule has 1 aromatic carbocycles. The number of rotatable bonds is 8. The van der Waals surface area contributed by atoms with E-state index in [1.807, 2.05) is 18.2 Å². The van der Waals surface area contributed by atoms with Gasteiger partial charge in [0, 0.05) is 16.3 Å². The number of nitrogens with two attached hydrogens (primary N) is 2. The van der Waals surface area contributed by atoms with Gasteiger partial charge in [-0.15, -0.1) is 11.3 Å². The number of hydrogen-bond acceptors (Lipinski definition) is 6. The Morgan fingerprint density at radius 3 is 2.76 bits per heavy atom. The van der Waals surface area contributed by atoms with Gasteiger partial charge in [0.15, 0.2) is 0 Å². The van der Waals surface area contributed by atoms with Crippen molar-refractivity contribution in [1.82, 2.24) is 14.3 Å². The van der Waals surface area contributed by atoms with E-state index in [0.29, 0.717) is 18.4 Å². The van der Waals surface area contributed by atoms with Crippen molar-refractivity contribution in [2.45, 2.75) is 18.8 Å². The lowest BCUT2D eigenvalue weighted by molar-refractivity contribution is 0.597. The topological polar surface area (TPSA) is 126 Å². The number of aromatic nitrogens is 3. The Labute approximate surface area is 170 Å². The van der Waals surface area contributed by atoms with E-state index in [2.05, 4.69) is 5.10 Å². The molecule has 0 amide bonds. The molecule has 2 heterocycles. The van der Waals surface area contributed by atoms with E-state index in [4.69, 9.17) is 10.9 Å². The van der Waals surface area contributed by atoms with Crippen LogP contribution in [0.2, 0.25) is 0 Å². The summed E-state index contributed by atoms with van der Waals surface area (Å²) in [6, 6.07) is 10.9. The summed E-state index contributed by atoms with van der Waals surface area (Å²) in [5.74, 6) is -0.230. The van der Waals surface area contributed by atoms with Gasteiger partial charge in [-0.05, 0) is 34.9 Å². The average molecular weight is 438 g/mol. The van der Waals surface area contributed by atoms with Gasteiger partial charge in [-0.1, -0.05) is 18.2 Å². The van der Waals surface area contributed by atoms with Crippen LogP contribution in [0.4, 0.5) is 4.39 Å². The highest BCUT2D eigenvalue weighted by atomic mass is 32.2. The molecule has 4 N–H and O–H groups in total. The second-order valence-electron chi connectivity index (χ2n) is 6.44. The van der Waals surface area contributed by atoms with E-state index >= 15 is 0 Å². The summed E-state index contributed by atoms with van der Waals surface area (Å²) in [5.41, 5.74) is 6.80.